The smallest absolute Gasteiger partial charge is 0.349 e. The topological polar surface area (TPSA) is 142 Å². The van der Waals surface area contributed by atoms with Gasteiger partial charge in [-0.1, -0.05) is 0 Å². The van der Waals surface area contributed by atoms with E-state index in [-0.39, 0.29) is 0 Å². The van der Waals surface area contributed by atoms with Crippen LogP contribution in [0, 0.1) is 0 Å². The Balaban J connectivity index is 5.55. The number of carboxylic acid groups (broad SMARTS) is 1. The van der Waals surface area contributed by atoms with Crippen LogP contribution in [-0.4, -0.2) is 59.9 Å². The van der Waals surface area contributed by atoms with Crippen LogP contribution in [0.2, 0.25) is 0 Å². The van der Waals surface area contributed by atoms with Crippen LogP contribution in [-0.2, 0) is 42.9 Å². The second kappa shape index (κ2) is 9.38. The molecule has 0 amide bonds. The summed E-state index contributed by atoms with van der Waals surface area (Å²) in [6.45, 7) is 3.45. The van der Waals surface area contributed by atoms with Gasteiger partial charge in [0.15, 0.2) is 12.2 Å². The first-order chi connectivity index (χ1) is 10.5. The van der Waals surface area contributed by atoms with E-state index < -0.39 is 54.8 Å². The molecule has 3 atom stereocenters. The predicted molar refractivity (Wildman–Crippen MR) is 70.9 cm³/mol. The zero-order chi connectivity index (χ0) is 18.2. The maximum Gasteiger partial charge on any atom is 0.349 e. The molecule has 1 N–H and O–H groups in total. The minimum Gasteiger partial charge on any atom is -0.478 e. The molecule has 0 rings (SSSR count). The Hall–Kier alpha value is -2.65. The number of hydrogen-bond donors (Lipinski definition) is 1. The van der Waals surface area contributed by atoms with Crippen molar-refractivity contribution in [3.05, 3.63) is 0 Å². The van der Waals surface area contributed by atoms with Crippen molar-refractivity contribution < 1.29 is 48.0 Å². The molecule has 0 aromatic heterocycles. The molecule has 0 fully saturated rings. The van der Waals surface area contributed by atoms with Crippen LogP contribution < -0.4 is 0 Å². The van der Waals surface area contributed by atoms with Gasteiger partial charge in [-0.3, -0.25) is 19.2 Å². The van der Waals surface area contributed by atoms with E-state index in [0.29, 0.717) is 0 Å². The highest BCUT2D eigenvalue weighted by molar-refractivity contribution is 5.78. The molecular weight excluding hydrogens is 316 g/mol. The molecule has 0 saturated heterocycles. The molecule has 0 bridgehead atoms. The third-order valence-corrected chi connectivity index (χ3v) is 2.27. The number of carbonyl (C=O) groups is 5. The molecule has 0 spiro atoms. The number of carbonyl (C=O) groups excluding carboxylic acids is 4. The summed E-state index contributed by atoms with van der Waals surface area (Å²) in [5, 5.41) is 9.15. The molecule has 0 aliphatic rings. The van der Waals surface area contributed by atoms with E-state index in [1.165, 1.54) is 0 Å². The Morgan fingerprint density at radius 3 is 1.61 bits per heavy atom. The van der Waals surface area contributed by atoms with Crippen molar-refractivity contribution in [1.82, 2.24) is 0 Å². The van der Waals surface area contributed by atoms with Crippen LogP contribution in [0.4, 0.5) is 0 Å². The second-order valence-electron chi connectivity index (χ2n) is 4.39. The fraction of sp³-hybridized carbons (Fsp3) is 0.615. The van der Waals surface area contributed by atoms with E-state index in [2.05, 4.69) is 9.47 Å². The molecule has 0 aromatic rings. The lowest BCUT2D eigenvalue weighted by Gasteiger charge is -2.29. The van der Waals surface area contributed by atoms with Crippen LogP contribution in [0.1, 0.15) is 27.7 Å². The summed E-state index contributed by atoms with van der Waals surface area (Å²) < 4.78 is 18.9. The molecule has 0 heterocycles. The first-order valence-corrected chi connectivity index (χ1v) is 6.42. The number of esters is 4. The SMILES string of the molecule is CC(=O)OC[C@H](OC(C)=O)[C@@H](OC(C)=O)[C@H](OC(C)=O)C(=O)O. The van der Waals surface area contributed by atoms with E-state index in [4.69, 9.17) is 14.6 Å². The molecule has 10 nitrogen and oxygen atoms in total. The summed E-state index contributed by atoms with van der Waals surface area (Å²) in [5.41, 5.74) is 0. The monoisotopic (exact) mass is 334 g/mol. The van der Waals surface area contributed by atoms with Gasteiger partial charge in [0, 0.05) is 27.7 Å². The zero-order valence-corrected chi connectivity index (χ0v) is 13.1. The van der Waals surface area contributed by atoms with Crippen molar-refractivity contribution in [2.24, 2.45) is 0 Å². The van der Waals surface area contributed by atoms with Crippen LogP contribution >= 0.6 is 0 Å². The van der Waals surface area contributed by atoms with Gasteiger partial charge >= 0.3 is 29.8 Å². The highest BCUT2D eigenvalue weighted by atomic mass is 16.6. The molecule has 130 valence electrons. The maximum absolute atomic E-state index is 11.3. The molecule has 0 radical (unpaired) electrons. The summed E-state index contributed by atoms with van der Waals surface area (Å²) in [4.78, 5) is 55.5. The van der Waals surface area contributed by atoms with Gasteiger partial charge in [0.2, 0.25) is 6.10 Å². The van der Waals surface area contributed by atoms with E-state index in [1.54, 1.807) is 0 Å². The standard InChI is InChI=1S/C13H18O10/c1-6(14)20-5-10(21-7(2)15)11(22-8(3)16)12(13(18)19)23-9(4)17/h10-12H,5H2,1-4H3,(H,18,19)/t10-,11+,12-/m0/s1. The average Bonchev–Trinajstić information content (AvgIpc) is 2.37. The summed E-state index contributed by atoms with van der Waals surface area (Å²) in [6, 6.07) is 0. The molecule has 0 saturated carbocycles. The van der Waals surface area contributed by atoms with Crippen LogP contribution in [0.5, 0.6) is 0 Å². The predicted octanol–water partition coefficient (Wildman–Crippen LogP) is -0.571. The molecule has 0 aliphatic carbocycles. The van der Waals surface area contributed by atoms with Crippen molar-refractivity contribution in [3.63, 3.8) is 0 Å². The first kappa shape index (κ1) is 20.3. The quantitative estimate of drug-likeness (QED) is 0.452. The van der Waals surface area contributed by atoms with Gasteiger partial charge < -0.3 is 24.1 Å². The van der Waals surface area contributed by atoms with Crippen molar-refractivity contribution in [1.29, 1.82) is 0 Å². The van der Waals surface area contributed by atoms with Gasteiger partial charge in [-0.25, -0.2) is 4.79 Å². The lowest BCUT2D eigenvalue weighted by atomic mass is 10.1. The lowest BCUT2D eigenvalue weighted by molar-refractivity contribution is -0.195. The third kappa shape index (κ3) is 8.39. The Morgan fingerprint density at radius 1 is 0.783 bits per heavy atom. The Bertz CT molecular complexity index is 483. The van der Waals surface area contributed by atoms with Crippen LogP contribution in [0.3, 0.4) is 0 Å². The van der Waals surface area contributed by atoms with E-state index in [1.807, 2.05) is 0 Å². The van der Waals surface area contributed by atoms with Crippen LogP contribution in [0.15, 0.2) is 0 Å². The number of carboxylic acids is 1. The van der Waals surface area contributed by atoms with Crippen molar-refractivity contribution in [3.8, 4) is 0 Å². The number of ether oxygens (including phenoxy) is 4. The number of aliphatic carboxylic acids is 1. The number of hydrogen-bond acceptors (Lipinski definition) is 9. The van der Waals surface area contributed by atoms with Crippen LogP contribution in [0.25, 0.3) is 0 Å². The summed E-state index contributed by atoms with van der Waals surface area (Å²) in [5.74, 6) is -5.07. The molecule has 0 aromatic carbocycles. The third-order valence-electron chi connectivity index (χ3n) is 2.27. The summed E-state index contributed by atoms with van der Waals surface area (Å²) in [7, 11) is 0. The minimum atomic E-state index is -1.95. The van der Waals surface area contributed by atoms with Gasteiger partial charge in [-0.15, -0.1) is 0 Å². The molecule has 0 unspecified atom stereocenters. The van der Waals surface area contributed by atoms with E-state index >= 15 is 0 Å². The van der Waals surface area contributed by atoms with Gasteiger partial charge in [0.25, 0.3) is 0 Å². The van der Waals surface area contributed by atoms with Gasteiger partial charge in [0.05, 0.1) is 0 Å². The normalized spacial score (nSPS) is 13.9. The second-order valence-corrected chi connectivity index (χ2v) is 4.39. The summed E-state index contributed by atoms with van der Waals surface area (Å²) >= 11 is 0. The fourth-order valence-electron chi connectivity index (χ4n) is 1.57. The number of rotatable bonds is 8. The Labute approximate surface area is 131 Å². The minimum absolute atomic E-state index is 0.585. The largest absolute Gasteiger partial charge is 0.478 e. The molecule has 0 aliphatic heterocycles. The maximum atomic E-state index is 11.3. The Kier molecular flexibility index (Phi) is 8.30. The van der Waals surface area contributed by atoms with Crippen molar-refractivity contribution in [2.45, 2.75) is 46.0 Å². The summed E-state index contributed by atoms with van der Waals surface area (Å²) in [6.07, 6.45) is -5.12. The average molecular weight is 334 g/mol. The van der Waals surface area contributed by atoms with E-state index in [9.17, 15) is 24.0 Å². The molecule has 23 heavy (non-hydrogen) atoms. The zero-order valence-electron chi connectivity index (χ0n) is 13.1. The highest BCUT2D eigenvalue weighted by Crippen LogP contribution is 2.15. The van der Waals surface area contributed by atoms with Crippen molar-refractivity contribution in [2.75, 3.05) is 6.61 Å². The molecular formula is C13H18O10. The van der Waals surface area contributed by atoms with Gasteiger partial charge in [-0.05, 0) is 0 Å². The van der Waals surface area contributed by atoms with Crippen molar-refractivity contribution >= 4 is 29.8 Å². The first-order valence-electron chi connectivity index (χ1n) is 6.42. The molecule has 10 heteroatoms. The lowest BCUT2D eigenvalue weighted by Crippen LogP contribution is -2.50. The highest BCUT2D eigenvalue weighted by Gasteiger charge is 2.42. The van der Waals surface area contributed by atoms with E-state index in [0.717, 1.165) is 27.7 Å². The van der Waals surface area contributed by atoms with Gasteiger partial charge in [-0.2, -0.15) is 0 Å². The Morgan fingerprint density at radius 2 is 1.26 bits per heavy atom. The fourth-order valence-corrected chi connectivity index (χ4v) is 1.57. The van der Waals surface area contributed by atoms with Gasteiger partial charge in [0.1, 0.15) is 6.61 Å².